The van der Waals surface area contributed by atoms with E-state index in [0.29, 0.717) is 0 Å². The zero-order valence-corrected chi connectivity index (χ0v) is 5.26. The largest absolute Gasteiger partial charge is 0.291 e. The van der Waals surface area contributed by atoms with Crippen molar-refractivity contribution in [3.05, 3.63) is 12.7 Å². The summed E-state index contributed by atoms with van der Waals surface area (Å²) in [6.45, 7) is 3.49. The molecule has 0 rings (SSSR count). The van der Waals surface area contributed by atoms with E-state index in [-0.39, 0.29) is 6.04 Å². The molecule has 44 valence electrons. The maximum Gasteiger partial charge on any atom is 0.116 e. The van der Waals surface area contributed by atoms with Gasteiger partial charge in [-0.15, -0.1) is 6.58 Å². The molecule has 2 nitrogen and oxygen atoms in total. The van der Waals surface area contributed by atoms with Crippen LogP contribution in [0.2, 0.25) is 0 Å². The minimum absolute atomic E-state index is 0.144. The molecule has 0 N–H and O–H groups in total. The van der Waals surface area contributed by atoms with E-state index in [1.165, 1.54) is 0 Å². The lowest BCUT2D eigenvalue weighted by Crippen LogP contribution is -2.23. The Morgan fingerprint density at radius 2 is 2.25 bits per heavy atom. The number of nitrogens with zero attached hydrogens (tertiary/aromatic N) is 2. The lowest BCUT2D eigenvalue weighted by Gasteiger charge is -2.10. The summed E-state index contributed by atoms with van der Waals surface area (Å²) in [7, 11) is 3.69. The highest BCUT2D eigenvalue weighted by molar-refractivity contribution is 5.01. The van der Waals surface area contributed by atoms with Gasteiger partial charge >= 0.3 is 0 Å². The Hall–Kier alpha value is -0.810. The number of likely N-dealkylation sites (N-methyl/N-ethyl adjacent to an activating group) is 1. The Kier molecular flexibility index (Phi) is 2.90. The minimum atomic E-state index is -0.144. The highest BCUT2D eigenvalue weighted by atomic mass is 15.1. The van der Waals surface area contributed by atoms with Crippen LogP contribution >= 0.6 is 0 Å². The highest BCUT2D eigenvalue weighted by Crippen LogP contribution is 1.89. The van der Waals surface area contributed by atoms with Crippen molar-refractivity contribution in [3.63, 3.8) is 0 Å². The molecule has 0 amide bonds. The molecule has 0 saturated carbocycles. The lowest BCUT2D eigenvalue weighted by molar-refractivity contribution is 0.398. The van der Waals surface area contributed by atoms with Crippen molar-refractivity contribution in [1.29, 1.82) is 5.26 Å². The molecule has 0 radical (unpaired) electrons. The average molecular weight is 110 g/mol. The molecular formula is C6H10N2. The smallest absolute Gasteiger partial charge is 0.116 e. The summed E-state index contributed by atoms with van der Waals surface area (Å²) >= 11 is 0. The molecule has 0 aliphatic rings. The summed E-state index contributed by atoms with van der Waals surface area (Å²) in [5, 5.41) is 8.33. The molecule has 2 heteroatoms. The summed E-state index contributed by atoms with van der Waals surface area (Å²) in [6.07, 6.45) is 1.61. The van der Waals surface area contributed by atoms with Crippen molar-refractivity contribution in [2.24, 2.45) is 0 Å². The van der Waals surface area contributed by atoms with E-state index in [4.69, 9.17) is 5.26 Å². The SMILES string of the molecule is C=CC(C#N)N(C)C. The molecular weight excluding hydrogens is 100 g/mol. The van der Waals surface area contributed by atoms with Crippen molar-refractivity contribution in [2.75, 3.05) is 14.1 Å². The van der Waals surface area contributed by atoms with Gasteiger partial charge in [0.2, 0.25) is 0 Å². The van der Waals surface area contributed by atoms with Crippen LogP contribution in [0.3, 0.4) is 0 Å². The van der Waals surface area contributed by atoms with Gasteiger partial charge in [-0.05, 0) is 14.1 Å². The maximum absolute atomic E-state index is 8.33. The average Bonchev–Trinajstić information content (AvgIpc) is 1.69. The number of nitriles is 1. The van der Waals surface area contributed by atoms with Crippen LogP contribution in [-0.2, 0) is 0 Å². The zero-order valence-electron chi connectivity index (χ0n) is 5.26. The van der Waals surface area contributed by atoms with E-state index >= 15 is 0 Å². The van der Waals surface area contributed by atoms with Crippen molar-refractivity contribution in [2.45, 2.75) is 6.04 Å². The van der Waals surface area contributed by atoms with E-state index in [9.17, 15) is 0 Å². The summed E-state index contributed by atoms with van der Waals surface area (Å²) in [5.74, 6) is 0. The summed E-state index contributed by atoms with van der Waals surface area (Å²) < 4.78 is 0. The van der Waals surface area contributed by atoms with Gasteiger partial charge in [-0.1, -0.05) is 6.08 Å². The fourth-order valence-corrected chi connectivity index (χ4v) is 0.379. The lowest BCUT2D eigenvalue weighted by atomic mass is 10.3. The molecule has 0 saturated heterocycles. The summed E-state index contributed by atoms with van der Waals surface area (Å²) in [5.41, 5.74) is 0. The second-order valence-corrected chi connectivity index (χ2v) is 1.77. The van der Waals surface area contributed by atoms with E-state index in [0.717, 1.165) is 0 Å². The van der Waals surface area contributed by atoms with Gasteiger partial charge in [0.25, 0.3) is 0 Å². The number of hydrogen-bond donors (Lipinski definition) is 0. The molecule has 0 bridgehead atoms. The van der Waals surface area contributed by atoms with E-state index in [1.54, 1.807) is 11.0 Å². The first-order valence-electron chi connectivity index (χ1n) is 2.41. The third-order valence-electron chi connectivity index (χ3n) is 0.912. The van der Waals surface area contributed by atoms with Crippen molar-refractivity contribution >= 4 is 0 Å². The molecule has 0 heterocycles. The van der Waals surface area contributed by atoms with Crippen LogP contribution in [0.1, 0.15) is 0 Å². The Balaban J connectivity index is 3.74. The van der Waals surface area contributed by atoms with Gasteiger partial charge in [0.05, 0.1) is 6.07 Å². The van der Waals surface area contributed by atoms with E-state index in [2.05, 4.69) is 12.6 Å². The van der Waals surface area contributed by atoms with Crippen molar-refractivity contribution < 1.29 is 0 Å². The molecule has 0 aromatic carbocycles. The summed E-state index contributed by atoms with van der Waals surface area (Å²) in [4.78, 5) is 1.80. The minimum Gasteiger partial charge on any atom is -0.291 e. The first-order valence-corrected chi connectivity index (χ1v) is 2.41. The van der Waals surface area contributed by atoms with Crippen molar-refractivity contribution in [1.82, 2.24) is 4.90 Å². The van der Waals surface area contributed by atoms with Crippen LogP contribution in [0.5, 0.6) is 0 Å². The van der Waals surface area contributed by atoms with Crippen LogP contribution in [0.25, 0.3) is 0 Å². The molecule has 0 aliphatic carbocycles. The van der Waals surface area contributed by atoms with Gasteiger partial charge in [-0.2, -0.15) is 5.26 Å². The van der Waals surface area contributed by atoms with E-state index < -0.39 is 0 Å². The van der Waals surface area contributed by atoms with Gasteiger partial charge < -0.3 is 0 Å². The van der Waals surface area contributed by atoms with Crippen LogP contribution < -0.4 is 0 Å². The topological polar surface area (TPSA) is 27.0 Å². The van der Waals surface area contributed by atoms with Crippen molar-refractivity contribution in [3.8, 4) is 6.07 Å². The first kappa shape index (κ1) is 7.19. The van der Waals surface area contributed by atoms with E-state index in [1.807, 2.05) is 14.1 Å². The van der Waals surface area contributed by atoms with Gasteiger partial charge in [-0.25, -0.2) is 0 Å². The molecule has 8 heavy (non-hydrogen) atoms. The predicted molar refractivity (Wildman–Crippen MR) is 33.3 cm³/mol. The van der Waals surface area contributed by atoms with Crippen LogP contribution in [0.4, 0.5) is 0 Å². The van der Waals surface area contributed by atoms with Gasteiger partial charge in [-0.3, -0.25) is 4.90 Å². The Labute approximate surface area is 50.0 Å². The second-order valence-electron chi connectivity index (χ2n) is 1.77. The Bertz CT molecular complexity index is 110. The van der Waals surface area contributed by atoms with Crippen LogP contribution in [0, 0.1) is 11.3 Å². The molecule has 0 aromatic rings. The highest BCUT2D eigenvalue weighted by Gasteiger charge is 2.00. The monoisotopic (exact) mass is 110 g/mol. The third-order valence-corrected chi connectivity index (χ3v) is 0.912. The molecule has 0 aromatic heterocycles. The standard InChI is InChI=1S/C6H10N2/c1-4-6(5-7)8(2)3/h4,6H,1H2,2-3H3. The molecule has 0 fully saturated rings. The number of hydrogen-bond acceptors (Lipinski definition) is 2. The third kappa shape index (κ3) is 1.76. The quantitative estimate of drug-likeness (QED) is 0.487. The van der Waals surface area contributed by atoms with Crippen LogP contribution in [-0.4, -0.2) is 25.0 Å². The zero-order chi connectivity index (χ0) is 6.57. The Morgan fingerprint density at radius 3 is 2.25 bits per heavy atom. The maximum atomic E-state index is 8.33. The van der Waals surface area contributed by atoms with Gasteiger partial charge in [0.15, 0.2) is 0 Å². The first-order chi connectivity index (χ1) is 3.72. The summed E-state index contributed by atoms with van der Waals surface area (Å²) in [6, 6.07) is 1.92. The van der Waals surface area contributed by atoms with Gasteiger partial charge in [0, 0.05) is 0 Å². The second kappa shape index (κ2) is 3.23. The molecule has 0 spiro atoms. The Morgan fingerprint density at radius 1 is 1.75 bits per heavy atom. The fourth-order valence-electron chi connectivity index (χ4n) is 0.379. The van der Waals surface area contributed by atoms with Gasteiger partial charge in [0.1, 0.15) is 6.04 Å². The number of rotatable bonds is 2. The molecule has 1 atom stereocenters. The molecule has 0 aliphatic heterocycles. The fraction of sp³-hybridized carbons (Fsp3) is 0.500. The predicted octanol–water partition coefficient (Wildman–Crippen LogP) is 0.626. The van der Waals surface area contributed by atoms with Crippen LogP contribution in [0.15, 0.2) is 12.7 Å². The normalized spacial score (nSPS) is 12.8. The molecule has 1 unspecified atom stereocenters.